The predicted molar refractivity (Wildman–Crippen MR) is 105 cm³/mol. The Labute approximate surface area is 158 Å². The first-order valence-electron chi connectivity index (χ1n) is 8.94. The van der Waals surface area contributed by atoms with Gasteiger partial charge in [0.05, 0.1) is 0 Å². The highest BCUT2D eigenvalue weighted by atomic mass is 19.1. The van der Waals surface area contributed by atoms with E-state index in [0.717, 1.165) is 5.56 Å². The molecular formula is C22H22FN3O. The largest absolute Gasteiger partial charge is 0.366 e. The minimum atomic E-state index is -0.266. The maximum Gasteiger partial charge on any atom is 0.254 e. The van der Waals surface area contributed by atoms with Crippen LogP contribution in [0.2, 0.25) is 0 Å². The fourth-order valence-corrected chi connectivity index (χ4v) is 2.80. The zero-order chi connectivity index (χ0) is 19.1. The SMILES string of the molecule is CCN(Cc1ccccc1)C(=O)c1ccnc(NCc2ccccc2F)c1. The number of nitrogens with one attached hydrogen (secondary N) is 1. The average molecular weight is 363 g/mol. The second-order valence-corrected chi connectivity index (χ2v) is 6.18. The van der Waals surface area contributed by atoms with Gasteiger partial charge in [-0.2, -0.15) is 0 Å². The number of rotatable bonds is 7. The number of amides is 1. The summed E-state index contributed by atoms with van der Waals surface area (Å²) in [6, 6.07) is 19.9. The van der Waals surface area contributed by atoms with Gasteiger partial charge in [-0.15, -0.1) is 0 Å². The first-order chi connectivity index (χ1) is 13.2. The van der Waals surface area contributed by atoms with Crippen LogP contribution in [0, 0.1) is 5.82 Å². The summed E-state index contributed by atoms with van der Waals surface area (Å²) in [6.45, 7) is 3.42. The average Bonchev–Trinajstić information content (AvgIpc) is 2.72. The molecule has 0 radical (unpaired) electrons. The fraction of sp³-hybridized carbons (Fsp3) is 0.182. The van der Waals surface area contributed by atoms with Crippen LogP contribution in [0.5, 0.6) is 0 Å². The van der Waals surface area contributed by atoms with E-state index in [0.29, 0.717) is 36.6 Å². The fourth-order valence-electron chi connectivity index (χ4n) is 2.80. The van der Waals surface area contributed by atoms with E-state index in [1.54, 1.807) is 41.4 Å². The first kappa shape index (κ1) is 18.6. The predicted octanol–water partition coefficient (Wildman–Crippen LogP) is 4.50. The van der Waals surface area contributed by atoms with E-state index in [9.17, 15) is 9.18 Å². The Hall–Kier alpha value is -3.21. The van der Waals surface area contributed by atoms with Crippen LogP contribution < -0.4 is 5.32 Å². The molecule has 3 rings (SSSR count). The van der Waals surface area contributed by atoms with Crippen molar-refractivity contribution >= 4 is 11.7 Å². The maximum atomic E-state index is 13.7. The van der Waals surface area contributed by atoms with Crippen molar-refractivity contribution in [1.82, 2.24) is 9.88 Å². The summed E-state index contributed by atoms with van der Waals surface area (Å²) in [4.78, 5) is 18.9. The minimum absolute atomic E-state index is 0.0577. The molecule has 0 aliphatic carbocycles. The molecule has 0 saturated carbocycles. The summed E-state index contributed by atoms with van der Waals surface area (Å²) >= 11 is 0. The van der Waals surface area contributed by atoms with Gasteiger partial charge in [-0.25, -0.2) is 9.37 Å². The maximum absolute atomic E-state index is 13.7. The van der Waals surface area contributed by atoms with E-state index < -0.39 is 0 Å². The van der Waals surface area contributed by atoms with E-state index in [2.05, 4.69) is 10.3 Å². The number of pyridine rings is 1. The lowest BCUT2D eigenvalue weighted by Gasteiger charge is -2.21. The zero-order valence-corrected chi connectivity index (χ0v) is 15.2. The molecular weight excluding hydrogens is 341 g/mol. The Morgan fingerprint density at radius 1 is 1.07 bits per heavy atom. The van der Waals surface area contributed by atoms with Gasteiger partial charge in [0.2, 0.25) is 0 Å². The summed E-state index contributed by atoms with van der Waals surface area (Å²) in [5.41, 5.74) is 2.19. The number of carbonyl (C=O) groups excluding carboxylic acids is 1. The summed E-state index contributed by atoms with van der Waals surface area (Å²) in [5.74, 6) is 0.217. The van der Waals surface area contributed by atoms with Crippen LogP contribution in [-0.4, -0.2) is 22.3 Å². The molecule has 0 saturated heterocycles. The highest BCUT2D eigenvalue weighted by molar-refractivity contribution is 5.94. The molecule has 1 heterocycles. The van der Waals surface area contributed by atoms with Gasteiger partial charge in [0, 0.05) is 37.0 Å². The first-order valence-corrected chi connectivity index (χ1v) is 8.94. The summed E-state index contributed by atoms with van der Waals surface area (Å²) in [7, 11) is 0. The van der Waals surface area contributed by atoms with Gasteiger partial charge < -0.3 is 10.2 Å². The zero-order valence-electron chi connectivity index (χ0n) is 15.2. The van der Waals surface area contributed by atoms with Gasteiger partial charge in [0.15, 0.2) is 0 Å². The molecule has 0 aliphatic heterocycles. The number of halogens is 1. The van der Waals surface area contributed by atoms with Gasteiger partial charge in [0.1, 0.15) is 11.6 Å². The van der Waals surface area contributed by atoms with Crippen molar-refractivity contribution in [3.05, 3.63) is 95.4 Å². The lowest BCUT2D eigenvalue weighted by Crippen LogP contribution is -2.30. The lowest BCUT2D eigenvalue weighted by molar-refractivity contribution is 0.0752. The van der Waals surface area contributed by atoms with Crippen LogP contribution in [0.1, 0.15) is 28.4 Å². The quantitative estimate of drug-likeness (QED) is 0.672. The van der Waals surface area contributed by atoms with Crippen molar-refractivity contribution in [3.8, 4) is 0 Å². The molecule has 27 heavy (non-hydrogen) atoms. The number of anilines is 1. The third-order valence-electron chi connectivity index (χ3n) is 4.31. The van der Waals surface area contributed by atoms with Gasteiger partial charge in [0.25, 0.3) is 5.91 Å². The van der Waals surface area contributed by atoms with E-state index >= 15 is 0 Å². The Morgan fingerprint density at radius 2 is 1.81 bits per heavy atom. The van der Waals surface area contributed by atoms with Gasteiger partial charge in [-0.3, -0.25) is 4.79 Å². The molecule has 3 aromatic rings. The van der Waals surface area contributed by atoms with Crippen LogP contribution in [0.3, 0.4) is 0 Å². The van der Waals surface area contributed by atoms with Gasteiger partial charge in [-0.05, 0) is 30.7 Å². The monoisotopic (exact) mass is 363 g/mol. The molecule has 1 aromatic heterocycles. The number of hydrogen-bond acceptors (Lipinski definition) is 3. The van der Waals surface area contributed by atoms with Gasteiger partial charge in [-0.1, -0.05) is 48.5 Å². The topological polar surface area (TPSA) is 45.2 Å². The van der Waals surface area contributed by atoms with Crippen molar-refractivity contribution in [2.45, 2.75) is 20.0 Å². The Balaban J connectivity index is 1.70. The van der Waals surface area contributed by atoms with E-state index in [-0.39, 0.29) is 11.7 Å². The number of benzene rings is 2. The molecule has 0 fully saturated rings. The van der Waals surface area contributed by atoms with Gasteiger partial charge >= 0.3 is 0 Å². The lowest BCUT2D eigenvalue weighted by atomic mass is 10.1. The third kappa shape index (κ3) is 4.91. The highest BCUT2D eigenvalue weighted by Gasteiger charge is 2.15. The molecule has 2 aromatic carbocycles. The molecule has 0 spiro atoms. The summed E-state index contributed by atoms with van der Waals surface area (Å²) in [5, 5.41) is 3.08. The molecule has 4 nitrogen and oxygen atoms in total. The van der Waals surface area contributed by atoms with Crippen LogP contribution in [0.25, 0.3) is 0 Å². The molecule has 0 aliphatic rings. The number of nitrogens with zero attached hydrogens (tertiary/aromatic N) is 2. The molecule has 0 unspecified atom stereocenters. The summed E-state index contributed by atoms with van der Waals surface area (Å²) in [6.07, 6.45) is 1.59. The molecule has 1 amide bonds. The van der Waals surface area contributed by atoms with Crippen molar-refractivity contribution in [2.75, 3.05) is 11.9 Å². The van der Waals surface area contributed by atoms with Crippen molar-refractivity contribution in [3.63, 3.8) is 0 Å². The van der Waals surface area contributed by atoms with Crippen molar-refractivity contribution in [1.29, 1.82) is 0 Å². The van der Waals surface area contributed by atoms with Crippen molar-refractivity contribution in [2.24, 2.45) is 0 Å². The Bertz CT molecular complexity index is 899. The van der Waals surface area contributed by atoms with Crippen LogP contribution in [0.4, 0.5) is 10.2 Å². The van der Waals surface area contributed by atoms with Crippen LogP contribution >= 0.6 is 0 Å². The highest BCUT2D eigenvalue weighted by Crippen LogP contribution is 2.14. The molecule has 0 atom stereocenters. The normalized spacial score (nSPS) is 10.4. The number of hydrogen-bond donors (Lipinski definition) is 1. The van der Waals surface area contributed by atoms with Crippen LogP contribution in [-0.2, 0) is 13.1 Å². The molecule has 5 heteroatoms. The molecule has 0 bridgehead atoms. The Kier molecular flexibility index (Phi) is 6.15. The smallest absolute Gasteiger partial charge is 0.254 e. The molecule has 138 valence electrons. The number of carbonyl (C=O) groups is 1. The second kappa shape index (κ2) is 8.94. The van der Waals surface area contributed by atoms with Crippen LogP contribution in [0.15, 0.2) is 72.9 Å². The Morgan fingerprint density at radius 3 is 2.56 bits per heavy atom. The van der Waals surface area contributed by atoms with E-state index in [1.807, 2.05) is 37.3 Å². The van der Waals surface area contributed by atoms with Crippen molar-refractivity contribution < 1.29 is 9.18 Å². The third-order valence-corrected chi connectivity index (χ3v) is 4.31. The minimum Gasteiger partial charge on any atom is -0.366 e. The number of aromatic nitrogens is 1. The van der Waals surface area contributed by atoms with E-state index in [4.69, 9.17) is 0 Å². The summed E-state index contributed by atoms with van der Waals surface area (Å²) < 4.78 is 13.7. The standard InChI is InChI=1S/C22H22FN3O/c1-2-26(16-17-8-4-3-5-9-17)22(27)18-12-13-24-21(14-18)25-15-19-10-6-7-11-20(19)23/h3-14H,2,15-16H2,1H3,(H,24,25). The second-order valence-electron chi connectivity index (χ2n) is 6.18. The van der Waals surface area contributed by atoms with E-state index in [1.165, 1.54) is 6.07 Å². The molecule has 1 N–H and O–H groups in total.